The molecule has 1 saturated heterocycles. The number of nitrogens with zero attached hydrogens (tertiary/aromatic N) is 2. The highest BCUT2D eigenvalue weighted by atomic mass is 127. The minimum Gasteiger partial charge on any atom is -0.871 e. The zero-order valence-electron chi connectivity index (χ0n) is 13.8. The fourth-order valence-corrected chi connectivity index (χ4v) is 4.80. The number of hydrogen-bond acceptors (Lipinski definition) is 4. The summed E-state index contributed by atoms with van der Waals surface area (Å²) in [5, 5.41) is 18.7. The predicted molar refractivity (Wildman–Crippen MR) is 114 cm³/mol. The first kappa shape index (κ1) is 18.7. The Balaban J connectivity index is 1.65. The monoisotopic (exact) mass is 563 g/mol. The van der Waals surface area contributed by atoms with Crippen molar-refractivity contribution in [1.82, 2.24) is 5.01 Å². The van der Waals surface area contributed by atoms with Crippen LogP contribution < -0.4 is 14.7 Å². The summed E-state index contributed by atoms with van der Waals surface area (Å²) in [6.07, 6.45) is 1.70. The Morgan fingerprint density at radius 1 is 1.20 bits per heavy atom. The van der Waals surface area contributed by atoms with Crippen molar-refractivity contribution in [3.63, 3.8) is 0 Å². The maximum absolute atomic E-state index is 12.2. The van der Waals surface area contributed by atoms with Crippen LogP contribution in [-0.4, -0.2) is 44.5 Å². The molecule has 0 atom stereocenters. The van der Waals surface area contributed by atoms with E-state index in [0.717, 1.165) is 39.1 Å². The maximum atomic E-state index is 12.2. The van der Waals surface area contributed by atoms with Crippen LogP contribution >= 0.6 is 45.2 Å². The van der Waals surface area contributed by atoms with Gasteiger partial charge in [-0.1, -0.05) is 17.9 Å². The van der Waals surface area contributed by atoms with Gasteiger partial charge in [-0.25, -0.2) is 0 Å². The van der Waals surface area contributed by atoms with Gasteiger partial charge in [-0.2, -0.15) is 5.10 Å². The average molecular weight is 563 g/mol. The summed E-state index contributed by atoms with van der Waals surface area (Å²) < 4.78 is 7.25. The average Bonchev–Trinajstić information content (AvgIpc) is 2.64. The van der Waals surface area contributed by atoms with Gasteiger partial charge in [-0.05, 0) is 68.9 Å². The molecule has 0 amide bonds. The van der Waals surface area contributed by atoms with Crippen molar-refractivity contribution in [2.75, 3.05) is 33.3 Å². The van der Waals surface area contributed by atoms with Crippen LogP contribution in [0.5, 0.6) is 11.5 Å². The lowest BCUT2D eigenvalue weighted by Crippen LogP contribution is -3.10. The Morgan fingerprint density at radius 2 is 1.92 bits per heavy atom. The third kappa shape index (κ3) is 4.56. The maximum Gasteiger partial charge on any atom is 0.179 e. The Bertz CT molecular complexity index is 775. The standard InChI is InChI=1S/C18H19I2N3O2/c1-25-17-5-3-2-4-16(17)22-6-8-23(9-7-22)21-12-13-10-14(19)11-15(20)18(13)24/h2-5,10-12,24H,6-9H2,1H3. The van der Waals surface area contributed by atoms with Gasteiger partial charge in [-0.15, -0.1) is 0 Å². The predicted octanol–water partition coefficient (Wildman–Crippen LogP) is 1.84. The van der Waals surface area contributed by atoms with E-state index in [2.05, 4.69) is 56.3 Å². The van der Waals surface area contributed by atoms with Crippen LogP contribution in [0.2, 0.25) is 0 Å². The van der Waals surface area contributed by atoms with E-state index in [9.17, 15) is 5.11 Å². The van der Waals surface area contributed by atoms with Crippen molar-refractivity contribution >= 4 is 57.1 Å². The first-order valence-corrected chi connectivity index (χ1v) is 10.2. The molecule has 25 heavy (non-hydrogen) atoms. The van der Waals surface area contributed by atoms with Gasteiger partial charge in [0.15, 0.2) is 11.4 Å². The van der Waals surface area contributed by atoms with E-state index in [1.54, 1.807) is 13.3 Å². The number of hydrazone groups is 1. The molecule has 0 spiro atoms. The molecule has 1 N–H and O–H groups in total. The summed E-state index contributed by atoms with van der Waals surface area (Å²) in [4.78, 5) is 1.40. The first-order valence-electron chi connectivity index (χ1n) is 8.01. The zero-order chi connectivity index (χ0) is 17.8. The largest absolute Gasteiger partial charge is 0.871 e. The lowest BCUT2D eigenvalue weighted by atomic mass is 10.2. The van der Waals surface area contributed by atoms with E-state index in [1.807, 2.05) is 35.3 Å². The van der Waals surface area contributed by atoms with E-state index >= 15 is 0 Å². The minimum absolute atomic E-state index is 0.0445. The van der Waals surface area contributed by atoms with Gasteiger partial charge < -0.3 is 9.84 Å². The lowest BCUT2D eigenvalue weighted by Gasteiger charge is -2.30. The molecule has 2 aromatic carbocycles. The summed E-state index contributed by atoms with van der Waals surface area (Å²) >= 11 is 4.30. The van der Waals surface area contributed by atoms with Crippen LogP contribution in [0.4, 0.5) is 5.69 Å². The summed E-state index contributed by atoms with van der Waals surface area (Å²) in [5.74, 6) is 0.974. The number of piperazine rings is 1. The molecule has 2 aromatic rings. The Kier molecular flexibility index (Phi) is 6.39. The van der Waals surface area contributed by atoms with Crippen molar-refractivity contribution in [1.29, 1.82) is 0 Å². The van der Waals surface area contributed by atoms with E-state index in [-0.39, 0.29) is 5.75 Å². The van der Waals surface area contributed by atoms with Crippen molar-refractivity contribution < 1.29 is 14.7 Å². The molecular weight excluding hydrogens is 544 g/mol. The Hall–Kier alpha value is -1.07. The molecule has 7 heteroatoms. The molecule has 5 nitrogen and oxygen atoms in total. The minimum atomic E-state index is 0.0445. The topological polar surface area (TPSA) is 52.3 Å². The van der Waals surface area contributed by atoms with E-state index in [0.29, 0.717) is 5.56 Å². The summed E-state index contributed by atoms with van der Waals surface area (Å²) in [6, 6.07) is 11.9. The Morgan fingerprint density at radius 3 is 2.64 bits per heavy atom. The number of nitrogens with one attached hydrogen (secondary N) is 1. The molecule has 3 rings (SSSR count). The molecule has 1 aliphatic heterocycles. The normalized spacial score (nSPS) is 15.7. The smallest absolute Gasteiger partial charge is 0.179 e. The highest BCUT2D eigenvalue weighted by molar-refractivity contribution is 14.1. The third-order valence-corrected chi connectivity index (χ3v) is 5.65. The highest BCUT2D eigenvalue weighted by Crippen LogP contribution is 2.23. The number of halogens is 2. The number of methoxy groups -OCH3 is 1. The lowest BCUT2D eigenvalue weighted by molar-refractivity contribution is -0.838. The van der Waals surface area contributed by atoms with Crippen molar-refractivity contribution in [2.24, 2.45) is 5.10 Å². The number of benzene rings is 2. The van der Waals surface area contributed by atoms with Gasteiger partial charge in [0.1, 0.15) is 13.1 Å². The molecule has 1 fully saturated rings. The van der Waals surface area contributed by atoms with Crippen molar-refractivity contribution in [3.8, 4) is 11.5 Å². The van der Waals surface area contributed by atoms with E-state index < -0.39 is 0 Å². The second-order valence-corrected chi connectivity index (χ2v) is 8.22. The van der Waals surface area contributed by atoms with Crippen LogP contribution in [0.3, 0.4) is 0 Å². The van der Waals surface area contributed by atoms with Gasteiger partial charge in [0.25, 0.3) is 0 Å². The van der Waals surface area contributed by atoms with E-state index in [4.69, 9.17) is 4.74 Å². The number of quaternary nitrogens is 1. The van der Waals surface area contributed by atoms with Crippen LogP contribution in [0.15, 0.2) is 41.5 Å². The second-order valence-electron chi connectivity index (χ2n) is 5.81. The first-order chi connectivity index (χ1) is 12.1. The van der Waals surface area contributed by atoms with Gasteiger partial charge >= 0.3 is 0 Å². The van der Waals surface area contributed by atoms with Crippen molar-refractivity contribution in [2.45, 2.75) is 0 Å². The molecule has 0 aromatic heterocycles. The molecule has 0 radical (unpaired) electrons. The number of hydrogen-bond donors (Lipinski definition) is 1. The molecule has 0 saturated carbocycles. The fraction of sp³-hybridized carbons (Fsp3) is 0.278. The molecule has 132 valence electrons. The summed E-state index contributed by atoms with van der Waals surface area (Å²) in [6.45, 7) is 3.59. The van der Waals surface area contributed by atoms with Gasteiger partial charge in [0.2, 0.25) is 0 Å². The van der Waals surface area contributed by atoms with Crippen LogP contribution in [-0.2, 0) is 0 Å². The van der Waals surface area contributed by atoms with Gasteiger partial charge in [0, 0.05) is 13.2 Å². The molecule has 0 bridgehead atoms. The van der Waals surface area contributed by atoms with E-state index in [1.165, 1.54) is 10.6 Å². The molecule has 0 aliphatic carbocycles. The SMILES string of the molecule is COc1ccccc1[NH+]1CCN(N=Cc2cc(I)cc(I)c2[O-])CC1. The summed E-state index contributed by atoms with van der Waals surface area (Å²) in [7, 11) is 1.71. The van der Waals surface area contributed by atoms with Crippen molar-refractivity contribution in [3.05, 3.63) is 49.1 Å². The summed E-state index contributed by atoms with van der Waals surface area (Å²) in [5.41, 5.74) is 1.85. The van der Waals surface area contributed by atoms with Gasteiger partial charge in [-0.3, -0.25) is 9.91 Å². The molecule has 1 aliphatic rings. The highest BCUT2D eigenvalue weighted by Gasteiger charge is 2.23. The zero-order valence-corrected chi connectivity index (χ0v) is 18.2. The molecule has 1 heterocycles. The molecular formula is C18H19I2N3O2. The van der Waals surface area contributed by atoms with Crippen LogP contribution in [0, 0.1) is 7.14 Å². The second kappa shape index (κ2) is 8.54. The number of rotatable bonds is 4. The molecule has 0 unspecified atom stereocenters. The van der Waals surface area contributed by atoms with Crippen LogP contribution in [0.25, 0.3) is 0 Å². The Labute approximate surface area is 174 Å². The number of para-hydroxylation sites is 2. The quantitative estimate of drug-likeness (QED) is 0.457. The third-order valence-electron chi connectivity index (χ3n) is 4.23. The fourth-order valence-electron chi connectivity index (χ4n) is 2.91. The van der Waals surface area contributed by atoms with Gasteiger partial charge in [0.05, 0.1) is 26.4 Å². The number of ether oxygens (including phenoxy) is 1. The van der Waals surface area contributed by atoms with Crippen LogP contribution in [0.1, 0.15) is 5.56 Å².